The highest BCUT2D eigenvalue weighted by molar-refractivity contribution is 6.06. The average molecular weight is 218 g/mol. The van der Waals surface area contributed by atoms with Gasteiger partial charge in [0.2, 0.25) is 0 Å². The first-order chi connectivity index (χ1) is 7.65. The highest BCUT2D eigenvalue weighted by Crippen LogP contribution is 2.35. The van der Waals surface area contributed by atoms with Crippen LogP contribution < -0.4 is 14.8 Å². The summed E-state index contributed by atoms with van der Waals surface area (Å²) in [5.74, 6) is 2.03. The number of hydrogen-bond acceptors (Lipinski definition) is 4. The first-order valence-electron chi connectivity index (χ1n) is 4.93. The van der Waals surface area contributed by atoms with Crippen molar-refractivity contribution in [3.05, 3.63) is 30.1 Å². The predicted molar refractivity (Wildman–Crippen MR) is 64.5 cm³/mol. The van der Waals surface area contributed by atoms with Crippen LogP contribution in [0.2, 0.25) is 0 Å². The van der Waals surface area contributed by atoms with E-state index in [-0.39, 0.29) is 0 Å². The van der Waals surface area contributed by atoms with Crippen molar-refractivity contribution < 1.29 is 9.47 Å². The molecule has 1 heterocycles. The van der Waals surface area contributed by atoms with E-state index in [0.29, 0.717) is 17.3 Å². The minimum atomic E-state index is 0.636. The normalized spacial score (nSPS) is 13.7. The zero-order valence-corrected chi connectivity index (χ0v) is 9.63. The molecule has 0 aromatic heterocycles. The average Bonchev–Trinajstić information content (AvgIpc) is 2.27. The molecule has 0 atom stereocenters. The molecule has 0 unspecified atom stereocenters. The third kappa shape index (κ3) is 1.62. The molecule has 1 aliphatic rings. The maximum Gasteiger partial charge on any atom is 0.162 e. The fraction of sp³-hybridized carbons (Fsp3) is 0.250. The first-order valence-corrected chi connectivity index (χ1v) is 4.93. The maximum absolute atomic E-state index is 5.25. The molecule has 0 saturated carbocycles. The molecule has 0 fully saturated rings. The molecule has 0 aliphatic carbocycles. The summed E-state index contributed by atoms with van der Waals surface area (Å²) in [5, 5.41) is 3.10. The molecular weight excluding hydrogens is 204 g/mol. The molecule has 1 N–H and O–H groups in total. The second kappa shape index (κ2) is 3.89. The van der Waals surface area contributed by atoms with Gasteiger partial charge < -0.3 is 14.8 Å². The molecule has 4 nitrogen and oxygen atoms in total. The van der Waals surface area contributed by atoms with E-state index in [2.05, 4.69) is 16.9 Å². The van der Waals surface area contributed by atoms with Crippen LogP contribution in [0.5, 0.6) is 11.5 Å². The molecule has 4 heteroatoms. The van der Waals surface area contributed by atoms with Gasteiger partial charge in [0.15, 0.2) is 11.5 Å². The van der Waals surface area contributed by atoms with Crippen molar-refractivity contribution in [1.82, 2.24) is 0 Å². The van der Waals surface area contributed by atoms with Crippen molar-refractivity contribution >= 4 is 11.4 Å². The lowest BCUT2D eigenvalue weighted by Crippen LogP contribution is -2.11. The number of nitrogens with one attached hydrogen (secondary N) is 1. The van der Waals surface area contributed by atoms with E-state index in [9.17, 15) is 0 Å². The van der Waals surface area contributed by atoms with Gasteiger partial charge in [-0.3, -0.25) is 0 Å². The number of rotatable bonds is 2. The molecule has 0 saturated heterocycles. The third-order valence-electron chi connectivity index (χ3n) is 2.50. The quantitative estimate of drug-likeness (QED) is 0.828. The summed E-state index contributed by atoms with van der Waals surface area (Å²) in [6.45, 7) is 5.73. The van der Waals surface area contributed by atoms with Crippen LogP contribution in [-0.4, -0.2) is 19.9 Å². The van der Waals surface area contributed by atoms with E-state index < -0.39 is 0 Å². The van der Waals surface area contributed by atoms with E-state index in [0.717, 1.165) is 17.0 Å². The fourth-order valence-corrected chi connectivity index (χ4v) is 1.73. The van der Waals surface area contributed by atoms with Gasteiger partial charge in [-0.2, -0.15) is 0 Å². The Balaban J connectivity index is 2.59. The fourth-order valence-electron chi connectivity index (χ4n) is 1.73. The monoisotopic (exact) mass is 218 g/mol. The largest absolute Gasteiger partial charge is 0.493 e. The van der Waals surface area contributed by atoms with Crippen LogP contribution in [0.25, 0.3) is 0 Å². The van der Waals surface area contributed by atoms with Gasteiger partial charge in [-0.25, -0.2) is 4.99 Å². The van der Waals surface area contributed by atoms with Gasteiger partial charge in [0.05, 0.1) is 19.9 Å². The molecule has 1 aromatic carbocycles. The number of hydrogen-bond donors (Lipinski definition) is 1. The van der Waals surface area contributed by atoms with Crippen molar-refractivity contribution in [2.75, 3.05) is 19.5 Å². The topological polar surface area (TPSA) is 42.9 Å². The predicted octanol–water partition coefficient (Wildman–Crippen LogP) is 2.41. The molecule has 16 heavy (non-hydrogen) atoms. The standard InChI is InChI=1S/C12H14N2O2/c1-7-9-5-11(15-3)12(16-4)6-10(9)14-8(2)13-7/h5-6,14H,2H2,1,3-4H3. The summed E-state index contributed by atoms with van der Waals surface area (Å²) in [4.78, 5) is 4.27. The lowest BCUT2D eigenvalue weighted by Gasteiger charge is -2.20. The van der Waals surface area contributed by atoms with Gasteiger partial charge in [0.25, 0.3) is 0 Å². The lowest BCUT2D eigenvalue weighted by molar-refractivity contribution is 0.355. The maximum atomic E-state index is 5.25. The summed E-state index contributed by atoms with van der Waals surface area (Å²) < 4.78 is 10.5. The van der Waals surface area contributed by atoms with E-state index in [4.69, 9.17) is 9.47 Å². The van der Waals surface area contributed by atoms with Crippen LogP contribution in [0.15, 0.2) is 29.5 Å². The lowest BCUT2D eigenvalue weighted by atomic mass is 10.1. The summed E-state index contributed by atoms with van der Waals surface area (Å²) >= 11 is 0. The minimum absolute atomic E-state index is 0.636. The van der Waals surface area contributed by atoms with Gasteiger partial charge in [0.1, 0.15) is 5.82 Å². The van der Waals surface area contributed by atoms with Crippen molar-refractivity contribution in [3.8, 4) is 11.5 Å². The minimum Gasteiger partial charge on any atom is -0.493 e. The Morgan fingerprint density at radius 3 is 2.44 bits per heavy atom. The number of ether oxygens (including phenoxy) is 2. The number of anilines is 1. The number of methoxy groups -OCH3 is 2. The molecule has 0 amide bonds. The Morgan fingerprint density at radius 1 is 1.19 bits per heavy atom. The molecule has 0 spiro atoms. The second-order valence-electron chi connectivity index (χ2n) is 3.52. The smallest absolute Gasteiger partial charge is 0.162 e. The van der Waals surface area contributed by atoms with E-state index in [1.54, 1.807) is 14.2 Å². The van der Waals surface area contributed by atoms with E-state index in [1.165, 1.54) is 0 Å². The summed E-state index contributed by atoms with van der Waals surface area (Å²) in [5.41, 5.74) is 2.86. The molecule has 0 bridgehead atoms. The molecular formula is C12H14N2O2. The zero-order valence-electron chi connectivity index (χ0n) is 9.63. The van der Waals surface area contributed by atoms with Gasteiger partial charge in [0, 0.05) is 17.3 Å². The van der Waals surface area contributed by atoms with Crippen molar-refractivity contribution in [2.45, 2.75) is 6.92 Å². The van der Waals surface area contributed by atoms with Crippen LogP contribution in [0.1, 0.15) is 12.5 Å². The molecule has 0 radical (unpaired) electrons. The summed E-state index contributed by atoms with van der Waals surface area (Å²) in [7, 11) is 3.23. The van der Waals surface area contributed by atoms with Gasteiger partial charge in [-0.05, 0) is 13.0 Å². The first kappa shape index (κ1) is 10.5. The third-order valence-corrected chi connectivity index (χ3v) is 2.50. The molecule has 2 rings (SSSR count). The SMILES string of the molecule is C=C1N=C(C)c2cc(OC)c(OC)cc2N1. The van der Waals surface area contributed by atoms with Crippen LogP contribution >= 0.6 is 0 Å². The number of nitrogens with zero attached hydrogens (tertiary/aromatic N) is 1. The Hall–Kier alpha value is -1.97. The van der Waals surface area contributed by atoms with E-state index >= 15 is 0 Å². The van der Waals surface area contributed by atoms with Crippen LogP contribution in [-0.2, 0) is 0 Å². The van der Waals surface area contributed by atoms with Gasteiger partial charge in [-0.15, -0.1) is 0 Å². The number of benzene rings is 1. The highest BCUT2D eigenvalue weighted by atomic mass is 16.5. The Morgan fingerprint density at radius 2 is 1.81 bits per heavy atom. The molecule has 1 aliphatic heterocycles. The van der Waals surface area contributed by atoms with Crippen molar-refractivity contribution in [2.24, 2.45) is 4.99 Å². The van der Waals surface area contributed by atoms with E-state index in [1.807, 2.05) is 19.1 Å². The van der Waals surface area contributed by atoms with Crippen molar-refractivity contribution in [1.29, 1.82) is 0 Å². The number of fused-ring (bicyclic) bond motifs is 1. The second-order valence-corrected chi connectivity index (χ2v) is 3.52. The van der Waals surface area contributed by atoms with Crippen LogP contribution in [0.3, 0.4) is 0 Å². The molecule has 84 valence electrons. The van der Waals surface area contributed by atoms with Gasteiger partial charge in [-0.1, -0.05) is 6.58 Å². The Bertz CT molecular complexity index is 478. The molecule has 1 aromatic rings. The van der Waals surface area contributed by atoms with Crippen LogP contribution in [0.4, 0.5) is 5.69 Å². The Labute approximate surface area is 94.6 Å². The Kier molecular flexibility index (Phi) is 2.56. The highest BCUT2D eigenvalue weighted by Gasteiger charge is 2.16. The van der Waals surface area contributed by atoms with Crippen molar-refractivity contribution in [3.63, 3.8) is 0 Å². The zero-order chi connectivity index (χ0) is 11.7. The summed E-state index contributed by atoms with van der Waals surface area (Å²) in [6, 6.07) is 3.80. The van der Waals surface area contributed by atoms with Crippen LogP contribution in [0, 0.1) is 0 Å². The van der Waals surface area contributed by atoms with Gasteiger partial charge >= 0.3 is 0 Å². The number of aliphatic imine (C=N–C) groups is 1. The summed E-state index contributed by atoms with van der Waals surface area (Å²) in [6.07, 6.45) is 0.